The number of amides is 2. The van der Waals surface area contributed by atoms with Crippen LogP contribution in [-0.4, -0.2) is 85.6 Å². The maximum atomic E-state index is 12.9. The second-order valence-electron chi connectivity index (χ2n) is 7.11. The number of rotatable bonds is 7. The van der Waals surface area contributed by atoms with Crippen LogP contribution >= 0.6 is 0 Å². The van der Waals surface area contributed by atoms with Crippen LogP contribution in [0, 0.1) is 10.1 Å². The smallest absolute Gasteiger partial charge is 0.312 e. The Hall–Kier alpha value is -2.73. The molecule has 0 radical (unpaired) electrons. The van der Waals surface area contributed by atoms with E-state index in [0.717, 1.165) is 12.5 Å². The summed E-state index contributed by atoms with van der Waals surface area (Å²) in [6.45, 7) is 1.69. The standard InChI is InChI=1S/C18H24N4O7S/c1-29-16-5-4-14(13-15(16)22(25)26)30(27,28)21-11-9-20(10-12-21)18(24)6-8-19-7-2-3-17(19)23/h4-5,13H,2-3,6-12H2,1H3. The van der Waals surface area contributed by atoms with E-state index in [1.807, 2.05) is 0 Å². The second-order valence-corrected chi connectivity index (χ2v) is 9.05. The predicted octanol–water partition coefficient (Wildman–Crippen LogP) is 0.449. The van der Waals surface area contributed by atoms with E-state index in [2.05, 4.69) is 0 Å². The monoisotopic (exact) mass is 440 g/mol. The fourth-order valence-electron chi connectivity index (χ4n) is 3.63. The van der Waals surface area contributed by atoms with Gasteiger partial charge in [-0.15, -0.1) is 0 Å². The predicted molar refractivity (Wildman–Crippen MR) is 105 cm³/mol. The summed E-state index contributed by atoms with van der Waals surface area (Å²) in [6, 6.07) is 3.51. The SMILES string of the molecule is COc1ccc(S(=O)(=O)N2CCN(C(=O)CCN3CCCC3=O)CC2)cc1[N+](=O)[O-]. The number of nitro groups is 1. The lowest BCUT2D eigenvalue weighted by Gasteiger charge is -2.34. The van der Waals surface area contributed by atoms with Gasteiger partial charge in [-0.05, 0) is 18.6 Å². The van der Waals surface area contributed by atoms with Crippen LogP contribution in [0.15, 0.2) is 23.1 Å². The van der Waals surface area contributed by atoms with Gasteiger partial charge in [-0.25, -0.2) is 8.42 Å². The third kappa shape index (κ3) is 4.54. The molecule has 2 amide bonds. The van der Waals surface area contributed by atoms with Gasteiger partial charge in [-0.3, -0.25) is 19.7 Å². The van der Waals surface area contributed by atoms with Crippen LogP contribution in [0.2, 0.25) is 0 Å². The van der Waals surface area contributed by atoms with Crippen molar-refractivity contribution in [2.75, 3.05) is 46.4 Å². The molecule has 0 spiro atoms. The minimum atomic E-state index is -3.94. The Bertz CT molecular complexity index is 942. The molecule has 11 nitrogen and oxygen atoms in total. The maximum absolute atomic E-state index is 12.9. The number of likely N-dealkylation sites (tertiary alicyclic amines) is 1. The normalized spacial score (nSPS) is 18.0. The summed E-state index contributed by atoms with van der Waals surface area (Å²) < 4.78 is 31.9. The summed E-state index contributed by atoms with van der Waals surface area (Å²) in [5.41, 5.74) is -0.427. The highest BCUT2D eigenvalue weighted by Gasteiger charge is 2.32. The molecule has 1 aromatic rings. The Morgan fingerprint density at radius 3 is 2.47 bits per heavy atom. The van der Waals surface area contributed by atoms with Crippen LogP contribution in [0.25, 0.3) is 0 Å². The fourth-order valence-corrected chi connectivity index (χ4v) is 5.07. The molecule has 0 saturated carbocycles. The van der Waals surface area contributed by atoms with E-state index in [-0.39, 0.29) is 55.1 Å². The molecule has 2 heterocycles. The summed E-state index contributed by atoms with van der Waals surface area (Å²) in [7, 11) is -2.67. The first kappa shape index (κ1) is 22.0. The van der Waals surface area contributed by atoms with E-state index in [4.69, 9.17) is 4.74 Å². The summed E-state index contributed by atoms with van der Waals surface area (Å²) in [4.78, 5) is 37.6. The largest absolute Gasteiger partial charge is 0.490 e. The second kappa shape index (κ2) is 8.96. The van der Waals surface area contributed by atoms with Crippen molar-refractivity contribution in [3.05, 3.63) is 28.3 Å². The van der Waals surface area contributed by atoms with Gasteiger partial charge in [0.1, 0.15) is 0 Å². The number of ether oxygens (including phenoxy) is 1. The zero-order valence-electron chi connectivity index (χ0n) is 16.7. The Labute approximate surface area is 174 Å². The quantitative estimate of drug-likeness (QED) is 0.444. The first-order valence-electron chi connectivity index (χ1n) is 9.62. The number of nitro benzene ring substituents is 1. The zero-order chi connectivity index (χ0) is 21.9. The van der Waals surface area contributed by atoms with Crippen molar-refractivity contribution in [3.8, 4) is 5.75 Å². The van der Waals surface area contributed by atoms with Gasteiger partial charge in [0.15, 0.2) is 5.75 Å². The average molecular weight is 440 g/mol. The number of carbonyl (C=O) groups excluding carboxylic acids is 2. The summed E-state index contributed by atoms with van der Waals surface area (Å²) in [5.74, 6) is -0.0787. The van der Waals surface area contributed by atoms with Gasteiger partial charge >= 0.3 is 5.69 Å². The molecule has 0 aromatic heterocycles. The zero-order valence-corrected chi connectivity index (χ0v) is 17.5. The van der Waals surface area contributed by atoms with Crippen LogP contribution in [0.4, 0.5) is 5.69 Å². The molecule has 0 bridgehead atoms. The molecular formula is C18H24N4O7S. The number of methoxy groups -OCH3 is 1. The van der Waals surface area contributed by atoms with Gasteiger partial charge in [-0.1, -0.05) is 0 Å². The third-order valence-corrected chi connectivity index (χ3v) is 7.24. The lowest BCUT2D eigenvalue weighted by atomic mass is 10.3. The molecule has 1 aromatic carbocycles. The number of nitrogens with zero attached hydrogens (tertiary/aromatic N) is 4. The Morgan fingerprint density at radius 1 is 1.20 bits per heavy atom. The molecule has 2 fully saturated rings. The van der Waals surface area contributed by atoms with Gasteiger partial charge in [0, 0.05) is 58.2 Å². The summed E-state index contributed by atoms with van der Waals surface area (Å²) in [5, 5.41) is 11.2. The highest BCUT2D eigenvalue weighted by Crippen LogP contribution is 2.30. The summed E-state index contributed by atoms with van der Waals surface area (Å²) >= 11 is 0. The van der Waals surface area contributed by atoms with Crippen LogP contribution in [-0.2, 0) is 19.6 Å². The van der Waals surface area contributed by atoms with Gasteiger partial charge in [-0.2, -0.15) is 4.31 Å². The van der Waals surface area contributed by atoms with E-state index < -0.39 is 20.6 Å². The van der Waals surface area contributed by atoms with Crippen LogP contribution < -0.4 is 4.74 Å². The molecule has 0 aliphatic carbocycles. The van der Waals surface area contributed by atoms with Crippen molar-refractivity contribution in [2.45, 2.75) is 24.2 Å². The van der Waals surface area contributed by atoms with Gasteiger partial charge in [0.2, 0.25) is 21.8 Å². The fraction of sp³-hybridized carbons (Fsp3) is 0.556. The Kier molecular flexibility index (Phi) is 6.56. The Morgan fingerprint density at radius 2 is 1.90 bits per heavy atom. The van der Waals surface area contributed by atoms with Crippen molar-refractivity contribution in [3.63, 3.8) is 0 Å². The third-order valence-electron chi connectivity index (χ3n) is 5.34. The first-order valence-corrected chi connectivity index (χ1v) is 11.1. The average Bonchev–Trinajstić information content (AvgIpc) is 3.16. The van der Waals surface area contributed by atoms with E-state index in [1.54, 1.807) is 9.80 Å². The maximum Gasteiger partial charge on any atom is 0.312 e. The molecule has 164 valence electrons. The first-order chi connectivity index (χ1) is 14.2. The highest BCUT2D eigenvalue weighted by atomic mass is 32.2. The van der Waals surface area contributed by atoms with Crippen molar-refractivity contribution < 1.29 is 27.7 Å². The van der Waals surface area contributed by atoms with Crippen molar-refractivity contribution in [1.82, 2.24) is 14.1 Å². The molecular weight excluding hydrogens is 416 g/mol. The summed E-state index contributed by atoms with van der Waals surface area (Å²) in [6.07, 6.45) is 1.55. The Balaban J connectivity index is 1.61. The molecule has 3 rings (SSSR count). The van der Waals surface area contributed by atoms with E-state index >= 15 is 0 Å². The number of benzene rings is 1. The van der Waals surface area contributed by atoms with E-state index in [0.29, 0.717) is 19.5 Å². The van der Waals surface area contributed by atoms with Crippen molar-refractivity contribution in [2.24, 2.45) is 0 Å². The number of hydrogen-bond acceptors (Lipinski definition) is 7. The molecule has 0 N–H and O–H groups in total. The van der Waals surface area contributed by atoms with Gasteiger partial charge in [0.05, 0.1) is 16.9 Å². The molecule has 12 heteroatoms. The van der Waals surface area contributed by atoms with Gasteiger partial charge < -0.3 is 14.5 Å². The number of carbonyl (C=O) groups is 2. The van der Waals surface area contributed by atoms with Crippen molar-refractivity contribution in [1.29, 1.82) is 0 Å². The van der Waals surface area contributed by atoms with E-state index in [1.165, 1.54) is 23.5 Å². The minimum Gasteiger partial charge on any atom is -0.490 e. The molecule has 2 saturated heterocycles. The number of sulfonamides is 1. The minimum absolute atomic E-state index is 0.0224. The highest BCUT2D eigenvalue weighted by molar-refractivity contribution is 7.89. The van der Waals surface area contributed by atoms with Crippen LogP contribution in [0.1, 0.15) is 19.3 Å². The molecule has 30 heavy (non-hydrogen) atoms. The molecule has 2 aliphatic rings. The van der Waals surface area contributed by atoms with Gasteiger partial charge in [0.25, 0.3) is 0 Å². The lowest BCUT2D eigenvalue weighted by Crippen LogP contribution is -2.50. The number of piperazine rings is 1. The van der Waals surface area contributed by atoms with E-state index in [9.17, 15) is 28.1 Å². The molecule has 2 aliphatic heterocycles. The topological polar surface area (TPSA) is 130 Å². The van der Waals surface area contributed by atoms with Crippen LogP contribution in [0.5, 0.6) is 5.75 Å². The van der Waals surface area contributed by atoms with Crippen molar-refractivity contribution >= 4 is 27.5 Å². The van der Waals surface area contributed by atoms with Crippen LogP contribution in [0.3, 0.4) is 0 Å². The molecule has 0 atom stereocenters. The lowest BCUT2D eigenvalue weighted by molar-refractivity contribution is -0.386. The molecule has 0 unspecified atom stereocenters. The number of hydrogen-bond donors (Lipinski definition) is 0.